The molecule has 2 heterocycles. The normalized spacial score (nSPS) is 15.9. The van der Waals surface area contributed by atoms with Gasteiger partial charge in [-0.25, -0.2) is 0 Å². The van der Waals surface area contributed by atoms with E-state index in [1.807, 2.05) is 0 Å². The number of H-pyrrole nitrogens is 1. The molecule has 2 N–H and O–H groups in total. The summed E-state index contributed by atoms with van der Waals surface area (Å²) in [5.74, 6) is -1.24. The number of aromatic amines is 1. The molecule has 21 heavy (non-hydrogen) atoms. The van der Waals surface area contributed by atoms with Crippen LogP contribution in [-0.4, -0.2) is 52.7 Å². The highest BCUT2D eigenvalue weighted by atomic mass is 35.5. The summed E-state index contributed by atoms with van der Waals surface area (Å²) < 4.78 is 5.28. The van der Waals surface area contributed by atoms with Gasteiger partial charge in [-0.3, -0.25) is 9.59 Å². The van der Waals surface area contributed by atoms with Crippen molar-refractivity contribution in [1.82, 2.24) is 9.88 Å². The molecule has 1 aromatic rings. The third kappa shape index (κ3) is 4.12. The predicted octanol–water partition coefficient (Wildman–Crippen LogP) is 2.42. The quantitative estimate of drug-likeness (QED) is 0.866. The third-order valence-electron chi connectivity index (χ3n) is 3.41. The monoisotopic (exact) mass is 334 g/mol. The van der Waals surface area contributed by atoms with Gasteiger partial charge in [-0.1, -0.05) is 23.2 Å². The van der Waals surface area contributed by atoms with Gasteiger partial charge < -0.3 is 19.7 Å². The maximum Gasteiger partial charge on any atom is 0.305 e. The molecule has 8 heteroatoms. The molecule has 0 bridgehead atoms. The van der Waals surface area contributed by atoms with E-state index in [2.05, 4.69) is 4.98 Å². The Morgan fingerprint density at radius 2 is 2.05 bits per heavy atom. The lowest BCUT2D eigenvalue weighted by Crippen LogP contribution is -2.44. The molecule has 0 aromatic carbocycles. The van der Waals surface area contributed by atoms with Crippen molar-refractivity contribution in [3.05, 3.63) is 21.9 Å². The van der Waals surface area contributed by atoms with Gasteiger partial charge in [-0.05, 0) is 18.9 Å². The maximum absolute atomic E-state index is 12.6. The summed E-state index contributed by atoms with van der Waals surface area (Å²) in [6.45, 7) is 1.27. The van der Waals surface area contributed by atoms with Crippen LogP contribution >= 0.6 is 23.2 Å². The highest BCUT2D eigenvalue weighted by molar-refractivity contribution is 6.41. The molecule has 1 aliphatic heterocycles. The van der Waals surface area contributed by atoms with Gasteiger partial charge in [0.15, 0.2) is 0 Å². The Kier molecular flexibility index (Phi) is 5.50. The Labute approximate surface area is 132 Å². The van der Waals surface area contributed by atoms with Crippen LogP contribution < -0.4 is 0 Å². The van der Waals surface area contributed by atoms with E-state index in [-0.39, 0.29) is 40.8 Å². The second-order valence-electron chi connectivity index (χ2n) is 4.83. The zero-order chi connectivity index (χ0) is 15.4. The van der Waals surface area contributed by atoms with E-state index in [1.165, 1.54) is 6.07 Å². The number of nitrogens with zero attached hydrogens (tertiary/aromatic N) is 1. The first kappa shape index (κ1) is 16.1. The van der Waals surface area contributed by atoms with Gasteiger partial charge in [0, 0.05) is 25.8 Å². The van der Waals surface area contributed by atoms with E-state index in [1.54, 1.807) is 4.90 Å². The first-order valence-electron chi connectivity index (χ1n) is 6.63. The van der Waals surface area contributed by atoms with Crippen LogP contribution in [0.1, 0.15) is 29.8 Å². The Morgan fingerprint density at radius 1 is 1.38 bits per heavy atom. The van der Waals surface area contributed by atoms with E-state index >= 15 is 0 Å². The average Bonchev–Trinajstić information content (AvgIpc) is 2.79. The number of amides is 1. The summed E-state index contributed by atoms with van der Waals surface area (Å²) in [4.78, 5) is 27.6. The van der Waals surface area contributed by atoms with E-state index in [9.17, 15) is 9.59 Å². The number of carboxylic acid groups (broad SMARTS) is 1. The SMILES string of the molecule is O=C(O)CCN(C(=O)c1cc(Cl)c(Cl)[nH]1)C1CCOCC1. The largest absolute Gasteiger partial charge is 0.481 e. The minimum Gasteiger partial charge on any atom is -0.481 e. The van der Waals surface area contributed by atoms with Gasteiger partial charge in [-0.2, -0.15) is 0 Å². The molecule has 1 aromatic heterocycles. The van der Waals surface area contributed by atoms with Crippen molar-refractivity contribution >= 4 is 35.1 Å². The Bertz CT molecular complexity index is 507. The molecule has 0 unspecified atom stereocenters. The van der Waals surface area contributed by atoms with Crippen LogP contribution in [0, 0.1) is 0 Å². The minimum atomic E-state index is -0.942. The molecule has 0 radical (unpaired) electrons. The lowest BCUT2D eigenvalue weighted by molar-refractivity contribution is -0.137. The Balaban J connectivity index is 2.16. The van der Waals surface area contributed by atoms with Crippen LogP contribution in [-0.2, 0) is 9.53 Å². The number of carboxylic acids is 1. The molecule has 1 amide bonds. The van der Waals surface area contributed by atoms with E-state index in [0.29, 0.717) is 26.1 Å². The third-order valence-corrected chi connectivity index (χ3v) is 4.11. The maximum atomic E-state index is 12.6. The topological polar surface area (TPSA) is 82.6 Å². The number of nitrogens with one attached hydrogen (secondary N) is 1. The van der Waals surface area contributed by atoms with Crippen molar-refractivity contribution in [1.29, 1.82) is 0 Å². The fraction of sp³-hybridized carbons (Fsp3) is 0.538. The van der Waals surface area contributed by atoms with Crippen LogP contribution in [0.5, 0.6) is 0 Å². The Morgan fingerprint density at radius 3 is 2.57 bits per heavy atom. The van der Waals surface area contributed by atoms with E-state index in [0.717, 1.165) is 0 Å². The van der Waals surface area contributed by atoms with Gasteiger partial charge in [-0.15, -0.1) is 0 Å². The number of aliphatic carboxylic acids is 1. The number of hydrogen-bond acceptors (Lipinski definition) is 3. The van der Waals surface area contributed by atoms with Crippen LogP contribution in [0.4, 0.5) is 0 Å². The van der Waals surface area contributed by atoms with Crippen LogP contribution in [0.2, 0.25) is 10.2 Å². The van der Waals surface area contributed by atoms with Gasteiger partial charge in [0.2, 0.25) is 0 Å². The molecule has 0 saturated carbocycles. The second-order valence-corrected chi connectivity index (χ2v) is 5.62. The lowest BCUT2D eigenvalue weighted by atomic mass is 10.1. The molecular weight excluding hydrogens is 319 g/mol. The lowest BCUT2D eigenvalue weighted by Gasteiger charge is -2.33. The van der Waals surface area contributed by atoms with Crippen molar-refractivity contribution in [3.63, 3.8) is 0 Å². The van der Waals surface area contributed by atoms with E-state index < -0.39 is 5.97 Å². The Hall–Kier alpha value is -1.24. The van der Waals surface area contributed by atoms with E-state index in [4.69, 9.17) is 33.0 Å². The second kappa shape index (κ2) is 7.15. The van der Waals surface area contributed by atoms with Crippen molar-refractivity contribution in [2.24, 2.45) is 0 Å². The number of carbonyl (C=O) groups is 2. The molecule has 0 atom stereocenters. The number of rotatable bonds is 5. The molecule has 1 fully saturated rings. The number of ether oxygens (including phenoxy) is 1. The summed E-state index contributed by atoms with van der Waals surface area (Å²) >= 11 is 11.7. The zero-order valence-electron chi connectivity index (χ0n) is 11.3. The summed E-state index contributed by atoms with van der Waals surface area (Å²) in [5.41, 5.74) is 0.266. The van der Waals surface area contributed by atoms with Gasteiger partial charge >= 0.3 is 5.97 Å². The number of carbonyl (C=O) groups excluding carboxylic acids is 1. The highest BCUT2D eigenvalue weighted by Gasteiger charge is 2.28. The minimum absolute atomic E-state index is 0.0357. The van der Waals surface area contributed by atoms with Crippen molar-refractivity contribution in [2.75, 3.05) is 19.8 Å². The highest BCUT2D eigenvalue weighted by Crippen LogP contribution is 2.24. The molecular formula is C13H16Cl2N2O4. The molecule has 1 saturated heterocycles. The number of halogens is 2. The molecule has 1 aliphatic rings. The number of aromatic nitrogens is 1. The van der Waals surface area contributed by atoms with Gasteiger partial charge in [0.05, 0.1) is 11.4 Å². The first-order chi connectivity index (χ1) is 9.99. The summed E-state index contributed by atoms with van der Waals surface area (Å²) in [5, 5.41) is 9.32. The summed E-state index contributed by atoms with van der Waals surface area (Å²) in [7, 11) is 0. The fourth-order valence-corrected chi connectivity index (χ4v) is 2.65. The van der Waals surface area contributed by atoms with Crippen molar-refractivity contribution in [2.45, 2.75) is 25.3 Å². The van der Waals surface area contributed by atoms with Crippen LogP contribution in [0.25, 0.3) is 0 Å². The smallest absolute Gasteiger partial charge is 0.305 e. The molecule has 116 valence electrons. The number of hydrogen-bond donors (Lipinski definition) is 2. The fourth-order valence-electron chi connectivity index (χ4n) is 2.34. The van der Waals surface area contributed by atoms with Gasteiger partial charge in [0.1, 0.15) is 10.8 Å². The van der Waals surface area contributed by atoms with Crippen molar-refractivity contribution in [3.8, 4) is 0 Å². The van der Waals surface area contributed by atoms with Gasteiger partial charge in [0.25, 0.3) is 5.91 Å². The predicted molar refractivity (Wildman–Crippen MR) is 77.9 cm³/mol. The summed E-state index contributed by atoms with van der Waals surface area (Å²) in [6, 6.07) is 1.42. The van der Waals surface area contributed by atoms with Crippen molar-refractivity contribution < 1.29 is 19.4 Å². The van der Waals surface area contributed by atoms with Crippen LogP contribution in [0.15, 0.2) is 6.07 Å². The molecule has 0 spiro atoms. The summed E-state index contributed by atoms with van der Waals surface area (Å²) in [6.07, 6.45) is 1.27. The van der Waals surface area contributed by atoms with Crippen LogP contribution in [0.3, 0.4) is 0 Å². The zero-order valence-corrected chi connectivity index (χ0v) is 12.8. The molecule has 2 rings (SSSR count). The standard InChI is InChI=1S/C13H16Cl2N2O4/c14-9-7-10(16-12(9)15)13(20)17(4-1-11(18)19)8-2-5-21-6-3-8/h7-8,16H,1-6H2,(H,18,19). The average molecular weight is 335 g/mol. The first-order valence-corrected chi connectivity index (χ1v) is 7.39. The molecule has 6 nitrogen and oxygen atoms in total. The molecule has 0 aliphatic carbocycles.